The van der Waals surface area contributed by atoms with E-state index < -0.39 is 0 Å². The Morgan fingerprint density at radius 2 is 1.30 bits per heavy atom. The molecule has 0 aliphatic rings. The molecule has 3 nitrogen and oxygen atoms in total. The summed E-state index contributed by atoms with van der Waals surface area (Å²) in [4.78, 5) is 0. The van der Waals surface area contributed by atoms with Crippen LogP contribution >= 0.6 is 0 Å². The molecule has 0 aliphatic heterocycles. The first kappa shape index (κ1) is 27.1. The van der Waals surface area contributed by atoms with Crippen LogP contribution in [0.15, 0.2) is 73.1 Å². The highest BCUT2D eigenvalue weighted by molar-refractivity contribution is 5.52. The van der Waals surface area contributed by atoms with Crippen molar-refractivity contribution in [2.24, 2.45) is 0 Å². The van der Waals surface area contributed by atoms with Crippen molar-refractivity contribution in [1.29, 1.82) is 0 Å². The molecule has 0 N–H and O–H groups in total. The van der Waals surface area contributed by atoms with Crippen LogP contribution in [0.1, 0.15) is 76.7 Å². The summed E-state index contributed by atoms with van der Waals surface area (Å²) in [7, 11) is 0. The number of imidazole rings is 1. The Morgan fingerprint density at radius 1 is 0.727 bits per heavy atom. The van der Waals surface area contributed by atoms with Crippen LogP contribution in [0, 0.1) is 0 Å². The summed E-state index contributed by atoms with van der Waals surface area (Å²) in [6.45, 7) is 4.54. The minimum atomic E-state index is 0. The SMILES string of the molecule is CCCCCCCCCCCCn1cc[n+](COCc2ccccc2)c1-c1ccccc1.[Cl-]. The van der Waals surface area contributed by atoms with E-state index >= 15 is 0 Å². The van der Waals surface area contributed by atoms with E-state index in [1.54, 1.807) is 0 Å². The minimum absolute atomic E-state index is 0. The highest BCUT2D eigenvalue weighted by Gasteiger charge is 2.19. The van der Waals surface area contributed by atoms with E-state index in [2.05, 4.69) is 83.0 Å². The molecule has 0 radical (unpaired) electrons. The van der Waals surface area contributed by atoms with Gasteiger partial charge in [-0.2, -0.15) is 0 Å². The Morgan fingerprint density at radius 3 is 1.94 bits per heavy atom. The number of aromatic nitrogens is 2. The lowest BCUT2D eigenvalue weighted by Crippen LogP contribution is -3.00. The molecule has 2 aromatic carbocycles. The van der Waals surface area contributed by atoms with Crippen LogP contribution in [-0.4, -0.2) is 4.57 Å². The van der Waals surface area contributed by atoms with Crippen molar-refractivity contribution < 1.29 is 21.7 Å². The van der Waals surface area contributed by atoms with Gasteiger partial charge in [0, 0.05) is 0 Å². The summed E-state index contributed by atoms with van der Waals surface area (Å²) in [6.07, 6.45) is 18.0. The highest BCUT2D eigenvalue weighted by Crippen LogP contribution is 2.17. The van der Waals surface area contributed by atoms with Gasteiger partial charge in [0.05, 0.1) is 18.7 Å². The number of nitrogens with zero attached hydrogens (tertiary/aromatic N) is 2. The monoisotopic (exact) mass is 468 g/mol. The van der Waals surface area contributed by atoms with Crippen LogP contribution in [0.5, 0.6) is 0 Å². The number of unbranched alkanes of at least 4 members (excludes halogenated alkanes) is 9. The molecule has 3 aromatic rings. The molecular weight excluding hydrogens is 428 g/mol. The van der Waals surface area contributed by atoms with Crippen LogP contribution < -0.4 is 17.0 Å². The van der Waals surface area contributed by atoms with Gasteiger partial charge in [0.25, 0.3) is 5.82 Å². The molecule has 33 heavy (non-hydrogen) atoms. The van der Waals surface area contributed by atoms with E-state index in [0.717, 1.165) is 6.54 Å². The molecule has 0 atom stereocenters. The van der Waals surface area contributed by atoms with Gasteiger partial charge in [0.2, 0.25) is 0 Å². The topological polar surface area (TPSA) is 18.0 Å². The maximum absolute atomic E-state index is 6.04. The molecule has 3 rings (SSSR count). The second-order valence-electron chi connectivity index (χ2n) is 8.80. The van der Waals surface area contributed by atoms with E-state index in [1.165, 1.54) is 81.2 Å². The van der Waals surface area contributed by atoms with E-state index in [4.69, 9.17) is 4.74 Å². The number of ether oxygens (including phenoxy) is 1. The fourth-order valence-corrected chi connectivity index (χ4v) is 4.28. The molecule has 4 heteroatoms. The van der Waals surface area contributed by atoms with Gasteiger partial charge < -0.3 is 17.1 Å². The number of rotatable bonds is 16. The third kappa shape index (κ3) is 9.73. The Kier molecular flexibility index (Phi) is 13.6. The van der Waals surface area contributed by atoms with Gasteiger partial charge in [-0.25, -0.2) is 9.13 Å². The third-order valence-corrected chi connectivity index (χ3v) is 6.10. The van der Waals surface area contributed by atoms with Crippen molar-refractivity contribution in [3.63, 3.8) is 0 Å². The fourth-order valence-electron chi connectivity index (χ4n) is 4.28. The lowest BCUT2D eigenvalue weighted by Gasteiger charge is -2.07. The first-order chi connectivity index (χ1) is 15.9. The quantitative estimate of drug-likeness (QED) is 0.223. The van der Waals surface area contributed by atoms with E-state index in [1.807, 2.05) is 6.07 Å². The van der Waals surface area contributed by atoms with Gasteiger partial charge in [0.15, 0.2) is 6.73 Å². The van der Waals surface area contributed by atoms with Gasteiger partial charge in [-0.3, -0.25) is 0 Å². The number of aryl methyl sites for hydroxylation is 1. The third-order valence-electron chi connectivity index (χ3n) is 6.10. The Labute approximate surface area is 207 Å². The van der Waals surface area contributed by atoms with Crippen molar-refractivity contribution in [1.82, 2.24) is 4.57 Å². The average Bonchev–Trinajstić information content (AvgIpc) is 3.24. The van der Waals surface area contributed by atoms with Crippen molar-refractivity contribution >= 4 is 0 Å². The predicted molar refractivity (Wildman–Crippen MR) is 133 cm³/mol. The molecule has 180 valence electrons. The summed E-state index contributed by atoms with van der Waals surface area (Å²) in [5, 5.41) is 0. The molecule has 0 bridgehead atoms. The molecule has 0 aliphatic carbocycles. The van der Waals surface area contributed by atoms with Crippen LogP contribution in [0.4, 0.5) is 0 Å². The van der Waals surface area contributed by atoms with Crippen LogP contribution in [0.25, 0.3) is 11.4 Å². The summed E-state index contributed by atoms with van der Waals surface area (Å²) in [6, 6.07) is 21.1. The van der Waals surface area contributed by atoms with Gasteiger partial charge in [-0.05, 0) is 30.5 Å². The first-order valence-electron chi connectivity index (χ1n) is 12.6. The number of halogens is 1. The number of hydrogen-bond acceptors (Lipinski definition) is 1. The van der Waals surface area contributed by atoms with Gasteiger partial charge in [-0.15, -0.1) is 0 Å². The van der Waals surface area contributed by atoms with Gasteiger partial charge in [0.1, 0.15) is 12.4 Å². The molecule has 0 amide bonds. The first-order valence-corrected chi connectivity index (χ1v) is 12.6. The summed E-state index contributed by atoms with van der Waals surface area (Å²) >= 11 is 0. The van der Waals surface area contributed by atoms with E-state index in [9.17, 15) is 0 Å². The zero-order valence-electron chi connectivity index (χ0n) is 20.3. The summed E-state index contributed by atoms with van der Waals surface area (Å²) in [5.41, 5.74) is 2.45. The zero-order chi connectivity index (χ0) is 22.3. The van der Waals surface area contributed by atoms with E-state index in [0.29, 0.717) is 13.3 Å². The molecule has 0 unspecified atom stereocenters. The molecule has 1 aromatic heterocycles. The lowest BCUT2D eigenvalue weighted by atomic mass is 10.1. The Balaban J connectivity index is 0.00000385. The number of hydrogen-bond donors (Lipinski definition) is 0. The minimum Gasteiger partial charge on any atom is -1.00 e. The van der Waals surface area contributed by atoms with Crippen molar-refractivity contribution in [2.45, 2.75) is 91.0 Å². The summed E-state index contributed by atoms with van der Waals surface area (Å²) in [5.74, 6) is 1.23. The van der Waals surface area contributed by atoms with Crippen molar-refractivity contribution in [3.05, 3.63) is 78.6 Å². The lowest BCUT2D eigenvalue weighted by molar-refractivity contribution is -0.723. The Bertz CT molecular complexity index is 864. The van der Waals surface area contributed by atoms with E-state index in [-0.39, 0.29) is 12.4 Å². The molecule has 0 spiro atoms. The molecule has 0 fully saturated rings. The van der Waals surface area contributed by atoms with Gasteiger partial charge >= 0.3 is 0 Å². The molecule has 0 saturated carbocycles. The highest BCUT2D eigenvalue weighted by atomic mass is 35.5. The van der Waals surface area contributed by atoms with Crippen LogP contribution in [0.3, 0.4) is 0 Å². The molecular formula is C29H41ClN2O. The van der Waals surface area contributed by atoms with Crippen LogP contribution in [-0.2, 0) is 24.6 Å². The normalized spacial score (nSPS) is 10.8. The second kappa shape index (κ2) is 16.5. The number of benzene rings is 2. The Hall–Kier alpha value is -2.10. The summed E-state index contributed by atoms with van der Waals surface area (Å²) < 4.78 is 10.7. The second-order valence-corrected chi connectivity index (χ2v) is 8.80. The van der Waals surface area contributed by atoms with Gasteiger partial charge in [-0.1, -0.05) is 107 Å². The fraction of sp³-hybridized carbons (Fsp3) is 0.483. The molecule has 1 heterocycles. The predicted octanol–water partition coefficient (Wildman–Crippen LogP) is 4.54. The largest absolute Gasteiger partial charge is 1.00 e. The van der Waals surface area contributed by atoms with Crippen molar-refractivity contribution in [3.8, 4) is 11.4 Å². The zero-order valence-corrected chi connectivity index (χ0v) is 21.1. The molecule has 0 saturated heterocycles. The smallest absolute Gasteiger partial charge is 0.290 e. The maximum atomic E-state index is 6.04. The average molecular weight is 469 g/mol. The van der Waals surface area contributed by atoms with Crippen molar-refractivity contribution in [2.75, 3.05) is 0 Å². The maximum Gasteiger partial charge on any atom is 0.290 e. The standard InChI is InChI=1S/C29H41N2O.ClH/c1-2-3-4-5-6-7-8-9-10-17-22-30-23-24-31(29(30)28-20-15-12-16-21-28)26-32-25-27-18-13-11-14-19-27;/h11-16,18-21,23-24H,2-10,17,22,25-26H2,1H3;1H/q+1;/p-1. The van der Waals surface area contributed by atoms with Crippen LogP contribution in [0.2, 0.25) is 0 Å².